The van der Waals surface area contributed by atoms with Crippen molar-refractivity contribution in [3.63, 3.8) is 0 Å². The smallest absolute Gasteiger partial charge is 0.168 e. The first kappa shape index (κ1) is 50.2. The van der Waals surface area contributed by atoms with Crippen molar-refractivity contribution in [1.82, 2.24) is 39.9 Å². The second-order valence-corrected chi connectivity index (χ2v) is 18.1. The van der Waals surface area contributed by atoms with E-state index in [1.807, 2.05) is 48.5 Å². The molecule has 77 heavy (non-hydrogen) atoms. The summed E-state index contributed by atoms with van der Waals surface area (Å²) in [7, 11) is 3.27. The second kappa shape index (κ2) is 23.3. The molecule has 0 amide bonds. The van der Waals surface area contributed by atoms with Gasteiger partial charge in [-0.15, -0.1) is 0 Å². The molecule has 402 valence electrons. The van der Waals surface area contributed by atoms with E-state index in [1.54, 1.807) is 14.2 Å². The van der Waals surface area contributed by atoms with Crippen molar-refractivity contribution >= 4 is 44.1 Å². The third-order valence-electron chi connectivity index (χ3n) is 13.1. The molecule has 22 nitrogen and oxygen atoms in total. The van der Waals surface area contributed by atoms with Gasteiger partial charge in [-0.25, -0.2) is 29.9 Å². The Morgan fingerprint density at radius 1 is 0.338 bits per heavy atom. The summed E-state index contributed by atoms with van der Waals surface area (Å²) in [4.78, 5) is 39.2. The van der Waals surface area contributed by atoms with E-state index in [0.717, 1.165) is 0 Å². The molecule has 0 atom stereocenters. The van der Waals surface area contributed by atoms with Gasteiger partial charge in [0.25, 0.3) is 0 Å². The van der Waals surface area contributed by atoms with E-state index in [1.165, 1.54) is 0 Å². The highest BCUT2D eigenvalue weighted by Gasteiger charge is 2.33. The number of nitrogens with zero attached hydrogens (tertiary/aromatic N) is 6. The predicted molar refractivity (Wildman–Crippen MR) is 281 cm³/mol. The van der Waals surface area contributed by atoms with Crippen LogP contribution in [-0.2, 0) is 28.4 Å². The Labute approximate surface area is 441 Å². The monoisotopic (exact) mass is 1050 g/mol. The molecule has 4 aromatic carbocycles. The molecule has 0 aliphatic carbocycles. The molecule has 8 heterocycles. The maximum absolute atomic E-state index is 6.60. The third-order valence-corrected chi connectivity index (χ3v) is 13.1. The van der Waals surface area contributed by atoms with Gasteiger partial charge in [0.2, 0.25) is 0 Å². The van der Waals surface area contributed by atoms with Crippen molar-refractivity contribution in [3.8, 4) is 91.5 Å². The lowest BCUT2D eigenvalue weighted by Crippen LogP contribution is -2.12. The van der Waals surface area contributed by atoms with Crippen LogP contribution in [0.25, 0.3) is 89.7 Å². The predicted octanol–water partition coefficient (Wildman–Crippen LogP) is 7.47. The molecular weight excluding hydrogens is 997 g/mol. The van der Waals surface area contributed by atoms with Crippen LogP contribution in [0, 0.1) is 0 Å². The number of nitrogens with one attached hydrogen (secondary N) is 2. The zero-order valence-corrected chi connectivity index (χ0v) is 42.9. The number of hydrogen-bond acceptors (Lipinski definition) is 20. The van der Waals surface area contributed by atoms with Crippen LogP contribution in [0.3, 0.4) is 0 Å². The number of benzene rings is 4. The summed E-state index contributed by atoms with van der Waals surface area (Å²) in [6.45, 7) is 6.60. The number of methoxy groups -OCH3 is 2. The SMILES string of the molecule is COCCOCCOCCOc1ccc2c3c1-c1nc-3nc3[nH]c4nc5nc6nc7[nH]c(n1)c1c(OCCOCCOCCOC)ccc(c71)OCCCOc1ccc(c-5c1-6)OCCCOc1ccc(c3c14)OCCCO2. The van der Waals surface area contributed by atoms with Crippen molar-refractivity contribution < 1.29 is 66.3 Å². The fourth-order valence-electron chi connectivity index (χ4n) is 9.65. The normalized spacial score (nSPS) is 14.4. The quantitative estimate of drug-likeness (QED) is 0.0704. The van der Waals surface area contributed by atoms with Gasteiger partial charge in [0.05, 0.1) is 150 Å². The first-order valence-corrected chi connectivity index (χ1v) is 26.0. The van der Waals surface area contributed by atoms with E-state index in [4.69, 9.17) is 96.2 Å². The fraction of sp³-hybridized carbons (Fsp3) is 0.418. The molecule has 0 spiro atoms. The van der Waals surface area contributed by atoms with E-state index in [2.05, 4.69) is 9.97 Å². The van der Waals surface area contributed by atoms with Crippen LogP contribution in [0.1, 0.15) is 19.3 Å². The average molecular weight is 1060 g/mol. The maximum atomic E-state index is 6.60. The zero-order chi connectivity index (χ0) is 51.9. The Morgan fingerprint density at radius 3 is 1.10 bits per heavy atom. The van der Waals surface area contributed by atoms with Crippen LogP contribution in [0.5, 0.6) is 46.0 Å². The Kier molecular flexibility index (Phi) is 15.2. The summed E-state index contributed by atoms with van der Waals surface area (Å²) in [5.74, 6) is 5.53. The van der Waals surface area contributed by atoms with Gasteiger partial charge in [-0.05, 0) is 48.5 Å². The van der Waals surface area contributed by atoms with Crippen molar-refractivity contribution in [3.05, 3.63) is 48.5 Å². The average Bonchev–Trinajstić information content (AvgIpc) is 4.26. The van der Waals surface area contributed by atoms with Crippen LogP contribution in [0.15, 0.2) is 48.5 Å². The minimum Gasteiger partial charge on any atom is -0.493 e. The van der Waals surface area contributed by atoms with Gasteiger partial charge in [-0.3, -0.25) is 0 Å². The lowest BCUT2D eigenvalue weighted by Gasteiger charge is -2.17. The van der Waals surface area contributed by atoms with Gasteiger partial charge in [0, 0.05) is 33.5 Å². The minimum atomic E-state index is 0.204. The van der Waals surface area contributed by atoms with Crippen molar-refractivity contribution in [1.29, 1.82) is 0 Å². The molecule has 5 aliphatic rings. The van der Waals surface area contributed by atoms with Crippen molar-refractivity contribution in [2.45, 2.75) is 19.3 Å². The van der Waals surface area contributed by atoms with Crippen LogP contribution in [0.2, 0.25) is 0 Å². The summed E-state index contributed by atoms with van der Waals surface area (Å²) in [6, 6.07) is 15.0. The van der Waals surface area contributed by atoms with Crippen LogP contribution in [0.4, 0.5) is 0 Å². The Hall–Kier alpha value is -7.60. The number of aromatic nitrogens is 8. The van der Waals surface area contributed by atoms with Gasteiger partial charge in [-0.1, -0.05) is 0 Å². The summed E-state index contributed by atoms with van der Waals surface area (Å²) in [5.41, 5.74) is 3.94. The largest absolute Gasteiger partial charge is 0.493 e. The molecule has 8 bridgehead atoms. The zero-order valence-electron chi connectivity index (χ0n) is 42.9. The van der Waals surface area contributed by atoms with E-state index >= 15 is 0 Å². The van der Waals surface area contributed by atoms with Crippen molar-refractivity contribution in [2.24, 2.45) is 0 Å². The molecule has 0 radical (unpaired) electrons. The number of H-pyrrole nitrogens is 2. The first-order valence-electron chi connectivity index (χ1n) is 26.0. The van der Waals surface area contributed by atoms with Crippen LogP contribution >= 0.6 is 0 Å². The summed E-state index contributed by atoms with van der Waals surface area (Å²) in [5, 5.41) is 2.48. The molecule has 5 aliphatic heterocycles. The summed E-state index contributed by atoms with van der Waals surface area (Å²) >= 11 is 0. The fourth-order valence-corrected chi connectivity index (χ4v) is 9.65. The van der Waals surface area contributed by atoms with Gasteiger partial charge >= 0.3 is 0 Å². The summed E-state index contributed by atoms with van der Waals surface area (Å²) < 4.78 is 85.8. The topological polar surface area (TPSA) is 238 Å². The third kappa shape index (κ3) is 10.4. The molecule has 7 aromatic rings. The Bertz CT molecular complexity index is 3460. The lowest BCUT2D eigenvalue weighted by molar-refractivity contribution is 0.0180. The molecular formula is C55H58N8O14. The van der Waals surface area contributed by atoms with E-state index in [0.29, 0.717) is 242 Å². The van der Waals surface area contributed by atoms with Crippen LogP contribution in [-0.4, -0.2) is 173 Å². The second-order valence-electron chi connectivity index (χ2n) is 18.1. The number of rotatable bonds is 20. The molecule has 22 heteroatoms. The molecule has 0 saturated heterocycles. The number of fused-ring (bicyclic) bond motifs is 4. The standard InChI is InChI=1S/C55H58N8O14/c1-64-20-22-66-24-26-68-28-30-76-38-12-10-36-44-46(38)54-61-52(44)59-50-42-34(72-16-4-18-74-36)8-6-32-40(42)48(57-50)56-49-41-33(71-15-3-14-70-32)7-9-35-43(41)51(58-49)60-53-45-37(75-19-5-17-73-35)11-13-39(47(45)55(62-53)63-54)77-31-29-69-27-25-67-23-21-65-2/h6-13H,3-5,14-31H2,1-2H3,(H2,56,57,58,59,60,61,62,63). The minimum absolute atomic E-state index is 0.204. The molecule has 2 N–H and O–H groups in total. The van der Waals surface area contributed by atoms with Crippen molar-refractivity contribution in [2.75, 3.05) is 133 Å². The molecule has 0 unspecified atom stereocenters. The van der Waals surface area contributed by atoms with E-state index < -0.39 is 0 Å². The summed E-state index contributed by atoms with van der Waals surface area (Å²) in [6.07, 6.45) is 1.69. The van der Waals surface area contributed by atoms with Gasteiger partial charge in [-0.2, -0.15) is 0 Å². The van der Waals surface area contributed by atoms with Crippen LogP contribution < -0.4 is 37.9 Å². The number of hydrogen-bond donors (Lipinski definition) is 2. The molecule has 0 fully saturated rings. The van der Waals surface area contributed by atoms with E-state index in [-0.39, 0.29) is 32.3 Å². The number of ether oxygens (including phenoxy) is 14. The highest BCUT2D eigenvalue weighted by molar-refractivity contribution is 6.13. The highest BCUT2D eigenvalue weighted by Crippen LogP contribution is 2.50. The highest BCUT2D eigenvalue weighted by atomic mass is 16.6. The Morgan fingerprint density at radius 2 is 0.649 bits per heavy atom. The molecule has 0 saturated carbocycles. The molecule has 3 aromatic heterocycles. The maximum Gasteiger partial charge on any atom is 0.168 e. The van der Waals surface area contributed by atoms with Gasteiger partial charge in [0.1, 0.15) is 81.8 Å². The lowest BCUT2D eigenvalue weighted by atomic mass is 10.1. The Balaban J connectivity index is 1.11. The molecule has 12 rings (SSSR count). The van der Waals surface area contributed by atoms with Gasteiger partial charge < -0.3 is 76.3 Å². The van der Waals surface area contributed by atoms with E-state index in [9.17, 15) is 0 Å². The first-order chi connectivity index (χ1) is 38.1. The van der Waals surface area contributed by atoms with Gasteiger partial charge in [0.15, 0.2) is 23.3 Å². The number of aromatic amines is 2.